The minimum absolute atomic E-state index is 0.0898. The van der Waals surface area contributed by atoms with E-state index in [4.69, 9.17) is 17.3 Å². The number of anilines is 1. The van der Waals surface area contributed by atoms with Gasteiger partial charge in [-0.2, -0.15) is 0 Å². The molecule has 3 aromatic rings. The molecule has 3 N–H and O–H groups in total. The van der Waals surface area contributed by atoms with Crippen LogP contribution in [0, 0.1) is 0 Å². The Hall–Kier alpha value is -1.87. The predicted molar refractivity (Wildman–Crippen MR) is 98.9 cm³/mol. The van der Waals surface area contributed by atoms with Crippen molar-refractivity contribution in [2.75, 3.05) is 18.2 Å². The number of aromatic nitrogens is 3. The molecule has 0 saturated heterocycles. The molecular formula is C15H15ClN4O2S2. The SMILES string of the molecule is CS(C)(=O)(O)c1ncc(-c2cc(-c3ccccc3Cl)nc(N)n2)s1. The Morgan fingerprint density at radius 2 is 1.88 bits per heavy atom. The summed E-state index contributed by atoms with van der Waals surface area (Å²) in [7, 11) is -3.90. The zero-order valence-electron chi connectivity index (χ0n) is 12.9. The van der Waals surface area contributed by atoms with E-state index in [-0.39, 0.29) is 10.3 Å². The maximum Gasteiger partial charge on any atom is 0.221 e. The third kappa shape index (κ3) is 3.46. The second-order valence-corrected chi connectivity index (χ2v) is 11.3. The number of hydrogen-bond acceptors (Lipinski definition) is 6. The van der Waals surface area contributed by atoms with Crippen LogP contribution in [0.2, 0.25) is 5.02 Å². The van der Waals surface area contributed by atoms with E-state index < -0.39 is 9.35 Å². The molecule has 0 saturated carbocycles. The van der Waals surface area contributed by atoms with E-state index in [0.717, 1.165) is 16.9 Å². The van der Waals surface area contributed by atoms with Gasteiger partial charge in [-0.05, 0) is 12.1 Å². The lowest BCUT2D eigenvalue weighted by Gasteiger charge is -2.30. The van der Waals surface area contributed by atoms with Crippen molar-refractivity contribution in [3.63, 3.8) is 0 Å². The van der Waals surface area contributed by atoms with Crippen molar-refractivity contribution in [2.45, 2.75) is 4.34 Å². The zero-order chi connectivity index (χ0) is 17.6. The molecule has 24 heavy (non-hydrogen) atoms. The molecule has 0 fully saturated rings. The largest absolute Gasteiger partial charge is 0.368 e. The van der Waals surface area contributed by atoms with E-state index in [1.54, 1.807) is 12.1 Å². The van der Waals surface area contributed by atoms with Gasteiger partial charge in [0.25, 0.3) is 0 Å². The number of halogens is 1. The van der Waals surface area contributed by atoms with Crippen LogP contribution in [-0.4, -0.2) is 36.2 Å². The summed E-state index contributed by atoms with van der Waals surface area (Å²) >= 11 is 7.31. The molecule has 0 atom stereocenters. The zero-order valence-corrected chi connectivity index (χ0v) is 15.3. The van der Waals surface area contributed by atoms with E-state index in [0.29, 0.717) is 21.3 Å². The Morgan fingerprint density at radius 3 is 2.50 bits per heavy atom. The molecule has 9 heteroatoms. The molecule has 0 aliphatic heterocycles. The number of benzene rings is 1. The van der Waals surface area contributed by atoms with E-state index in [2.05, 4.69) is 15.0 Å². The number of thiazole rings is 1. The fourth-order valence-corrected chi connectivity index (χ4v) is 4.46. The van der Waals surface area contributed by atoms with Gasteiger partial charge in [0, 0.05) is 29.3 Å². The third-order valence-electron chi connectivity index (χ3n) is 3.13. The molecule has 0 amide bonds. The monoisotopic (exact) mass is 382 g/mol. The van der Waals surface area contributed by atoms with Crippen LogP contribution < -0.4 is 5.73 Å². The predicted octanol–water partition coefficient (Wildman–Crippen LogP) is 3.41. The average molecular weight is 383 g/mol. The minimum atomic E-state index is -3.90. The molecule has 0 aliphatic carbocycles. The highest BCUT2D eigenvalue weighted by atomic mass is 35.5. The molecule has 0 aliphatic rings. The van der Waals surface area contributed by atoms with Gasteiger partial charge in [-0.3, -0.25) is 4.55 Å². The Morgan fingerprint density at radius 1 is 1.21 bits per heavy atom. The Balaban J connectivity index is 2.11. The maximum absolute atomic E-state index is 12.3. The molecule has 1 aromatic carbocycles. The molecular weight excluding hydrogens is 368 g/mol. The topological polar surface area (TPSA) is 102 Å². The molecule has 0 unspecified atom stereocenters. The second kappa shape index (κ2) is 5.59. The lowest BCUT2D eigenvalue weighted by Crippen LogP contribution is -2.27. The van der Waals surface area contributed by atoms with Crippen molar-refractivity contribution in [2.24, 2.45) is 0 Å². The van der Waals surface area contributed by atoms with Crippen molar-refractivity contribution < 1.29 is 8.76 Å². The van der Waals surface area contributed by atoms with Crippen LogP contribution in [0.5, 0.6) is 0 Å². The van der Waals surface area contributed by atoms with Crippen LogP contribution in [-0.2, 0) is 9.35 Å². The van der Waals surface area contributed by atoms with Gasteiger partial charge >= 0.3 is 0 Å². The summed E-state index contributed by atoms with van der Waals surface area (Å²) in [6, 6.07) is 9.01. The van der Waals surface area contributed by atoms with Crippen molar-refractivity contribution >= 4 is 38.2 Å². The van der Waals surface area contributed by atoms with Gasteiger partial charge in [0.15, 0.2) is 4.34 Å². The molecule has 2 aromatic heterocycles. The highest BCUT2D eigenvalue weighted by molar-refractivity contribution is 8.15. The van der Waals surface area contributed by atoms with Crippen LogP contribution in [0.3, 0.4) is 0 Å². The van der Waals surface area contributed by atoms with Crippen LogP contribution in [0.25, 0.3) is 21.8 Å². The normalized spacial score (nSPS) is 13.4. The van der Waals surface area contributed by atoms with Gasteiger partial charge in [0.05, 0.1) is 16.3 Å². The molecule has 6 nitrogen and oxygen atoms in total. The minimum Gasteiger partial charge on any atom is -0.368 e. The fraction of sp³-hybridized carbons (Fsp3) is 0.133. The van der Waals surface area contributed by atoms with Crippen molar-refractivity contribution in [3.05, 3.63) is 41.6 Å². The standard InChI is InChI=1S/C15H15ClN4O2S2/c1-24(2,21,22)15-18-8-13(23-15)12-7-11(19-14(17)20-12)9-5-3-4-6-10(9)16/h3-8H,1-2H3,(H,21,22)(H2,17,19,20). The van der Waals surface area contributed by atoms with Gasteiger partial charge in [-0.1, -0.05) is 41.1 Å². The first-order valence-electron chi connectivity index (χ1n) is 6.83. The van der Waals surface area contributed by atoms with Gasteiger partial charge in [-0.25, -0.2) is 19.2 Å². The first kappa shape index (κ1) is 17.0. The van der Waals surface area contributed by atoms with E-state index >= 15 is 0 Å². The second-order valence-electron chi connectivity index (χ2n) is 5.73. The molecule has 126 valence electrons. The summed E-state index contributed by atoms with van der Waals surface area (Å²) in [5.74, 6) is 0.0898. The van der Waals surface area contributed by atoms with E-state index in [1.807, 2.05) is 18.2 Å². The molecule has 2 heterocycles. The summed E-state index contributed by atoms with van der Waals surface area (Å²) in [5.41, 5.74) is 7.65. The molecule has 0 bridgehead atoms. The third-order valence-corrected chi connectivity index (χ3v) is 7.05. The van der Waals surface area contributed by atoms with Crippen LogP contribution in [0.15, 0.2) is 40.9 Å². The maximum atomic E-state index is 12.3. The quantitative estimate of drug-likeness (QED) is 0.719. The van der Waals surface area contributed by atoms with Crippen molar-refractivity contribution in [1.82, 2.24) is 15.0 Å². The van der Waals surface area contributed by atoms with E-state index in [9.17, 15) is 8.76 Å². The van der Waals surface area contributed by atoms with Gasteiger partial charge in [0.1, 0.15) is 0 Å². The summed E-state index contributed by atoms with van der Waals surface area (Å²) < 4.78 is 22.5. The average Bonchev–Trinajstić information content (AvgIpc) is 2.96. The van der Waals surface area contributed by atoms with Gasteiger partial charge in [0.2, 0.25) is 5.95 Å². The van der Waals surface area contributed by atoms with Gasteiger partial charge in [-0.15, -0.1) is 9.35 Å². The number of nitrogen functional groups attached to an aromatic ring is 1. The first-order chi connectivity index (χ1) is 11.1. The van der Waals surface area contributed by atoms with Crippen LogP contribution >= 0.6 is 22.9 Å². The lowest BCUT2D eigenvalue weighted by atomic mass is 10.1. The number of rotatable bonds is 3. The Bertz CT molecular complexity index is 986. The van der Waals surface area contributed by atoms with Crippen molar-refractivity contribution in [3.8, 4) is 21.8 Å². The molecule has 0 spiro atoms. The van der Waals surface area contributed by atoms with Crippen LogP contribution in [0.4, 0.5) is 5.95 Å². The summed E-state index contributed by atoms with van der Waals surface area (Å²) in [5, 5.41) is 0.548. The van der Waals surface area contributed by atoms with Gasteiger partial charge < -0.3 is 5.73 Å². The highest BCUT2D eigenvalue weighted by Gasteiger charge is 2.23. The molecule has 0 radical (unpaired) electrons. The molecule has 3 rings (SSSR count). The fourth-order valence-electron chi connectivity index (χ4n) is 2.05. The first-order valence-corrected chi connectivity index (χ1v) is 10.8. The number of hydrogen-bond donors (Lipinski definition) is 2. The summed E-state index contributed by atoms with van der Waals surface area (Å²) in [4.78, 5) is 13.1. The Kier molecular flexibility index (Phi) is 3.95. The summed E-state index contributed by atoms with van der Waals surface area (Å²) in [6.45, 7) is 0. The van der Waals surface area contributed by atoms with E-state index in [1.165, 1.54) is 18.7 Å². The van der Waals surface area contributed by atoms with Crippen LogP contribution in [0.1, 0.15) is 0 Å². The summed E-state index contributed by atoms with van der Waals surface area (Å²) in [6.07, 6.45) is 4.04. The number of nitrogens with zero attached hydrogens (tertiary/aromatic N) is 3. The lowest BCUT2D eigenvalue weighted by molar-refractivity contribution is 0.526. The Labute approximate surface area is 148 Å². The number of nitrogens with two attached hydrogens (primary N) is 1. The smallest absolute Gasteiger partial charge is 0.221 e. The highest BCUT2D eigenvalue weighted by Crippen LogP contribution is 2.36. The van der Waals surface area contributed by atoms with Crippen molar-refractivity contribution in [1.29, 1.82) is 0 Å².